The number of benzene rings is 1. The van der Waals surface area contributed by atoms with Gasteiger partial charge in [0.25, 0.3) is 5.89 Å². The third-order valence-corrected chi connectivity index (χ3v) is 3.74. The van der Waals surface area contributed by atoms with E-state index in [2.05, 4.69) is 25.6 Å². The lowest BCUT2D eigenvalue weighted by molar-refractivity contribution is 0.356. The predicted octanol–water partition coefficient (Wildman–Crippen LogP) is 2.64. The van der Waals surface area contributed by atoms with Gasteiger partial charge < -0.3 is 4.52 Å². The van der Waals surface area contributed by atoms with E-state index in [9.17, 15) is 4.39 Å². The molecule has 0 fully saturated rings. The number of hydrogen-bond acceptors (Lipinski definition) is 7. The molecule has 0 aliphatic heterocycles. The van der Waals surface area contributed by atoms with Crippen molar-refractivity contribution in [2.75, 3.05) is 0 Å². The molecule has 0 atom stereocenters. The summed E-state index contributed by atoms with van der Waals surface area (Å²) in [5.41, 5.74) is 1.46. The molecule has 0 spiro atoms. The van der Waals surface area contributed by atoms with Crippen LogP contribution in [0, 0.1) is 5.82 Å². The van der Waals surface area contributed by atoms with E-state index in [-0.39, 0.29) is 12.4 Å². The van der Waals surface area contributed by atoms with Gasteiger partial charge >= 0.3 is 0 Å². The standard InChI is InChI=1S/C14H9FN6OS/c15-11-3-1-2-9(6-11)14-17-20-21(18-14)7-12-16-13(19-22-12)10-4-5-23-8-10/h1-6,8H,7H2. The van der Waals surface area contributed by atoms with E-state index in [0.717, 1.165) is 5.56 Å². The Morgan fingerprint density at radius 3 is 2.96 bits per heavy atom. The molecule has 1 aromatic carbocycles. The largest absolute Gasteiger partial charge is 0.337 e. The molecule has 23 heavy (non-hydrogen) atoms. The van der Waals surface area contributed by atoms with Crippen LogP contribution in [-0.4, -0.2) is 30.3 Å². The lowest BCUT2D eigenvalue weighted by atomic mass is 10.2. The zero-order chi connectivity index (χ0) is 15.6. The molecule has 3 heterocycles. The lowest BCUT2D eigenvalue weighted by Crippen LogP contribution is -2.04. The van der Waals surface area contributed by atoms with Gasteiger partial charge in [-0.1, -0.05) is 17.3 Å². The van der Waals surface area contributed by atoms with Gasteiger partial charge in [0, 0.05) is 16.5 Å². The van der Waals surface area contributed by atoms with Crippen LogP contribution in [0.3, 0.4) is 0 Å². The van der Waals surface area contributed by atoms with Crippen molar-refractivity contribution in [2.45, 2.75) is 6.54 Å². The second-order valence-corrected chi connectivity index (χ2v) is 5.46. The van der Waals surface area contributed by atoms with Crippen LogP contribution >= 0.6 is 11.3 Å². The molecule has 0 N–H and O–H groups in total. The molecule has 114 valence electrons. The van der Waals surface area contributed by atoms with Gasteiger partial charge in [0.2, 0.25) is 11.6 Å². The Kier molecular flexibility index (Phi) is 3.39. The molecular formula is C14H9FN6OS. The first-order chi connectivity index (χ1) is 11.3. The van der Waals surface area contributed by atoms with Crippen LogP contribution < -0.4 is 0 Å². The van der Waals surface area contributed by atoms with Gasteiger partial charge in [0.05, 0.1) is 0 Å². The number of nitrogens with zero attached hydrogens (tertiary/aromatic N) is 6. The van der Waals surface area contributed by atoms with Crippen LogP contribution in [0.5, 0.6) is 0 Å². The van der Waals surface area contributed by atoms with Gasteiger partial charge in [0.1, 0.15) is 12.4 Å². The highest BCUT2D eigenvalue weighted by Crippen LogP contribution is 2.19. The van der Waals surface area contributed by atoms with Crippen molar-refractivity contribution in [2.24, 2.45) is 0 Å². The number of halogens is 1. The zero-order valence-electron chi connectivity index (χ0n) is 11.6. The maximum absolute atomic E-state index is 13.2. The molecule has 3 aromatic heterocycles. The second-order valence-electron chi connectivity index (χ2n) is 4.68. The monoisotopic (exact) mass is 328 g/mol. The topological polar surface area (TPSA) is 82.5 Å². The Labute approximate surface area is 133 Å². The highest BCUT2D eigenvalue weighted by molar-refractivity contribution is 7.08. The number of hydrogen-bond donors (Lipinski definition) is 0. The normalized spacial score (nSPS) is 11.0. The summed E-state index contributed by atoms with van der Waals surface area (Å²) >= 11 is 1.56. The van der Waals surface area contributed by atoms with Gasteiger partial charge in [0.15, 0.2) is 0 Å². The van der Waals surface area contributed by atoms with Gasteiger partial charge in [-0.15, -0.1) is 10.2 Å². The Hall–Kier alpha value is -2.94. The molecule has 0 aliphatic rings. The predicted molar refractivity (Wildman–Crippen MR) is 79.9 cm³/mol. The highest BCUT2D eigenvalue weighted by atomic mass is 32.1. The number of tetrazole rings is 1. The van der Waals surface area contributed by atoms with E-state index in [1.807, 2.05) is 16.8 Å². The molecule has 4 rings (SSSR count). The molecule has 0 bridgehead atoms. The van der Waals surface area contributed by atoms with Crippen LogP contribution in [0.25, 0.3) is 22.8 Å². The maximum atomic E-state index is 13.2. The fourth-order valence-corrected chi connectivity index (χ4v) is 2.64. The minimum Gasteiger partial charge on any atom is -0.337 e. The first-order valence-electron chi connectivity index (χ1n) is 6.67. The fourth-order valence-electron chi connectivity index (χ4n) is 2.00. The average Bonchev–Trinajstić information content (AvgIpc) is 3.29. The lowest BCUT2D eigenvalue weighted by Gasteiger charge is -1.94. The van der Waals surface area contributed by atoms with Crippen molar-refractivity contribution >= 4 is 11.3 Å². The molecule has 0 saturated heterocycles. The summed E-state index contributed by atoms with van der Waals surface area (Å²) in [4.78, 5) is 5.61. The molecule has 7 nitrogen and oxygen atoms in total. The van der Waals surface area contributed by atoms with Crippen molar-refractivity contribution in [1.29, 1.82) is 0 Å². The van der Waals surface area contributed by atoms with E-state index in [1.54, 1.807) is 23.5 Å². The van der Waals surface area contributed by atoms with Crippen LogP contribution in [0.15, 0.2) is 45.6 Å². The van der Waals surface area contributed by atoms with Gasteiger partial charge in [-0.05, 0) is 28.8 Å². The minimum absolute atomic E-state index is 0.194. The van der Waals surface area contributed by atoms with E-state index < -0.39 is 0 Å². The van der Waals surface area contributed by atoms with Crippen LogP contribution in [0.4, 0.5) is 4.39 Å². The molecule has 4 aromatic rings. The molecule has 0 unspecified atom stereocenters. The Morgan fingerprint density at radius 1 is 1.17 bits per heavy atom. The quantitative estimate of drug-likeness (QED) is 0.573. The minimum atomic E-state index is -0.351. The van der Waals surface area contributed by atoms with Gasteiger partial charge in [-0.3, -0.25) is 0 Å². The van der Waals surface area contributed by atoms with Crippen LogP contribution in [0.2, 0.25) is 0 Å². The second kappa shape index (κ2) is 5.69. The number of thiophene rings is 1. The molecular weight excluding hydrogens is 319 g/mol. The van der Waals surface area contributed by atoms with Crippen LogP contribution in [-0.2, 0) is 6.54 Å². The summed E-state index contributed by atoms with van der Waals surface area (Å²) in [7, 11) is 0. The van der Waals surface area contributed by atoms with Crippen molar-refractivity contribution in [3.63, 3.8) is 0 Å². The summed E-state index contributed by atoms with van der Waals surface area (Å²) < 4.78 is 18.4. The van der Waals surface area contributed by atoms with Crippen molar-refractivity contribution < 1.29 is 8.91 Å². The molecule has 0 radical (unpaired) electrons. The zero-order valence-corrected chi connectivity index (χ0v) is 12.4. The summed E-state index contributed by atoms with van der Waals surface area (Å²) in [5, 5.41) is 19.8. The summed E-state index contributed by atoms with van der Waals surface area (Å²) in [6, 6.07) is 7.93. The van der Waals surface area contributed by atoms with Crippen molar-refractivity contribution in [3.05, 3.63) is 52.8 Å². The molecule has 0 aliphatic carbocycles. The third-order valence-electron chi connectivity index (χ3n) is 3.06. The Morgan fingerprint density at radius 2 is 2.13 bits per heavy atom. The molecule has 9 heteroatoms. The number of aromatic nitrogens is 6. The molecule has 0 saturated carbocycles. The van der Waals surface area contributed by atoms with E-state index in [1.165, 1.54) is 16.9 Å². The number of rotatable bonds is 4. The summed E-state index contributed by atoms with van der Waals surface area (Å²) in [6.07, 6.45) is 0. The van der Waals surface area contributed by atoms with Gasteiger partial charge in [-0.2, -0.15) is 21.1 Å². The summed E-state index contributed by atoms with van der Waals surface area (Å²) in [5.74, 6) is 0.874. The highest BCUT2D eigenvalue weighted by Gasteiger charge is 2.12. The van der Waals surface area contributed by atoms with Crippen molar-refractivity contribution in [3.8, 4) is 22.8 Å². The first-order valence-corrected chi connectivity index (χ1v) is 7.61. The van der Waals surface area contributed by atoms with E-state index in [0.29, 0.717) is 23.1 Å². The third kappa shape index (κ3) is 2.86. The van der Waals surface area contributed by atoms with Crippen molar-refractivity contribution in [1.82, 2.24) is 30.3 Å². The maximum Gasteiger partial charge on any atom is 0.250 e. The Bertz CT molecular complexity index is 932. The average molecular weight is 328 g/mol. The Balaban J connectivity index is 1.54. The first kappa shape index (κ1) is 13.7. The smallest absolute Gasteiger partial charge is 0.250 e. The molecule has 0 amide bonds. The van der Waals surface area contributed by atoms with E-state index >= 15 is 0 Å². The van der Waals surface area contributed by atoms with Gasteiger partial charge in [-0.25, -0.2) is 4.39 Å². The SMILES string of the molecule is Fc1cccc(-c2nnn(Cc3nc(-c4ccsc4)no3)n2)c1. The fraction of sp³-hybridized carbons (Fsp3) is 0.0714. The summed E-state index contributed by atoms with van der Waals surface area (Å²) in [6.45, 7) is 0.194. The van der Waals surface area contributed by atoms with E-state index in [4.69, 9.17) is 4.52 Å². The van der Waals surface area contributed by atoms with Crippen LogP contribution in [0.1, 0.15) is 5.89 Å².